The molecule has 0 radical (unpaired) electrons. The fraction of sp³-hybridized carbons (Fsp3) is 0.538. The van der Waals surface area contributed by atoms with Gasteiger partial charge in [-0.25, -0.2) is 0 Å². The van der Waals surface area contributed by atoms with Gasteiger partial charge in [0.1, 0.15) is 0 Å². The molecule has 1 aromatic carbocycles. The van der Waals surface area contributed by atoms with Crippen LogP contribution in [-0.2, 0) is 6.42 Å². The van der Waals surface area contributed by atoms with E-state index in [-0.39, 0.29) is 0 Å². The molecule has 0 fully saturated rings. The molecule has 0 aromatic heterocycles. The minimum atomic E-state index is 0.569. The van der Waals surface area contributed by atoms with Crippen LogP contribution in [0, 0.1) is 13.8 Å². The number of rotatable bonds is 4. The van der Waals surface area contributed by atoms with Crippen LogP contribution in [0.15, 0.2) is 18.2 Å². The van der Waals surface area contributed by atoms with E-state index < -0.39 is 0 Å². The van der Waals surface area contributed by atoms with Gasteiger partial charge in [-0.2, -0.15) is 0 Å². The third-order valence-corrected chi connectivity index (χ3v) is 2.71. The third kappa shape index (κ3) is 2.85. The Morgan fingerprint density at radius 2 is 1.79 bits per heavy atom. The van der Waals surface area contributed by atoms with Gasteiger partial charge in [0.05, 0.1) is 0 Å². The molecule has 0 aliphatic carbocycles. The highest BCUT2D eigenvalue weighted by Crippen LogP contribution is 2.15. The molecule has 1 nitrogen and oxygen atoms in total. The molecule has 0 amide bonds. The summed E-state index contributed by atoms with van der Waals surface area (Å²) in [4.78, 5) is 0. The lowest BCUT2D eigenvalue weighted by Gasteiger charge is -2.15. The van der Waals surface area contributed by atoms with Crippen molar-refractivity contribution in [1.29, 1.82) is 0 Å². The Morgan fingerprint density at radius 3 is 2.29 bits per heavy atom. The van der Waals surface area contributed by atoms with Gasteiger partial charge < -0.3 is 5.32 Å². The van der Waals surface area contributed by atoms with Gasteiger partial charge in [-0.1, -0.05) is 25.1 Å². The second-order valence-corrected chi connectivity index (χ2v) is 4.03. The van der Waals surface area contributed by atoms with Crippen molar-refractivity contribution in [3.05, 3.63) is 34.9 Å². The summed E-state index contributed by atoms with van der Waals surface area (Å²) in [6.45, 7) is 9.84. The van der Waals surface area contributed by atoms with E-state index in [2.05, 4.69) is 51.2 Å². The number of hydrogen-bond donors (Lipinski definition) is 1. The predicted molar refractivity (Wildman–Crippen MR) is 62.8 cm³/mol. The van der Waals surface area contributed by atoms with Crippen LogP contribution >= 0.6 is 0 Å². The van der Waals surface area contributed by atoms with Crippen LogP contribution in [0.1, 0.15) is 30.5 Å². The third-order valence-electron chi connectivity index (χ3n) is 2.71. The molecule has 1 N–H and O–H groups in total. The fourth-order valence-electron chi connectivity index (χ4n) is 1.90. The lowest BCUT2D eigenvalue weighted by atomic mass is 9.97. The van der Waals surface area contributed by atoms with Crippen molar-refractivity contribution in [2.24, 2.45) is 0 Å². The molecule has 1 aromatic rings. The zero-order valence-electron chi connectivity index (χ0n) is 9.72. The highest BCUT2D eigenvalue weighted by Gasteiger charge is 2.06. The van der Waals surface area contributed by atoms with Crippen LogP contribution in [0.2, 0.25) is 0 Å². The van der Waals surface area contributed by atoms with Gasteiger partial charge in [0.2, 0.25) is 0 Å². The number of hydrogen-bond acceptors (Lipinski definition) is 1. The molecule has 1 heteroatoms. The standard InChI is InChI=1S/C13H21N/c1-5-14-12(4)9-13-10(2)7-6-8-11(13)3/h6-8,12,14H,5,9H2,1-4H3. The second kappa shape index (κ2) is 5.16. The molecule has 1 rings (SSSR count). The summed E-state index contributed by atoms with van der Waals surface area (Å²) in [5.41, 5.74) is 4.32. The Balaban J connectivity index is 2.75. The maximum atomic E-state index is 3.45. The van der Waals surface area contributed by atoms with Crippen molar-refractivity contribution in [3.8, 4) is 0 Å². The molecule has 0 aliphatic heterocycles. The Labute approximate surface area is 87.5 Å². The highest BCUT2D eigenvalue weighted by molar-refractivity contribution is 5.34. The van der Waals surface area contributed by atoms with E-state index in [1.54, 1.807) is 0 Å². The van der Waals surface area contributed by atoms with Crippen LogP contribution in [0.25, 0.3) is 0 Å². The molecule has 1 unspecified atom stereocenters. The van der Waals surface area contributed by atoms with Crippen molar-refractivity contribution in [3.63, 3.8) is 0 Å². The van der Waals surface area contributed by atoms with Crippen LogP contribution in [-0.4, -0.2) is 12.6 Å². The summed E-state index contributed by atoms with van der Waals surface area (Å²) in [7, 11) is 0. The minimum Gasteiger partial charge on any atom is -0.314 e. The van der Waals surface area contributed by atoms with Crippen LogP contribution in [0.4, 0.5) is 0 Å². The van der Waals surface area contributed by atoms with Crippen molar-refractivity contribution < 1.29 is 0 Å². The van der Waals surface area contributed by atoms with E-state index >= 15 is 0 Å². The van der Waals surface area contributed by atoms with E-state index in [1.165, 1.54) is 16.7 Å². The van der Waals surface area contributed by atoms with Crippen molar-refractivity contribution in [1.82, 2.24) is 5.32 Å². The van der Waals surface area contributed by atoms with E-state index in [9.17, 15) is 0 Å². The molecule has 0 saturated heterocycles. The molecule has 14 heavy (non-hydrogen) atoms. The van der Waals surface area contributed by atoms with Gasteiger partial charge >= 0.3 is 0 Å². The number of aryl methyl sites for hydroxylation is 2. The topological polar surface area (TPSA) is 12.0 Å². The van der Waals surface area contributed by atoms with Gasteiger partial charge in [0.25, 0.3) is 0 Å². The summed E-state index contributed by atoms with van der Waals surface area (Å²) in [5.74, 6) is 0. The van der Waals surface area contributed by atoms with Gasteiger partial charge in [-0.05, 0) is 50.4 Å². The summed E-state index contributed by atoms with van der Waals surface area (Å²) in [6.07, 6.45) is 1.13. The van der Waals surface area contributed by atoms with Gasteiger partial charge in [-0.3, -0.25) is 0 Å². The number of benzene rings is 1. The quantitative estimate of drug-likeness (QED) is 0.771. The van der Waals surface area contributed by atoms with E-state index in [1.807, 2.05) is 0 Å². The maximum absolute atomic E-state index is 3.45. The van der Waals surface area contributed by atoms with Crippen molar-refractivity contribution in [2.45, 2.75) is 40.2 Å². The largest absolute Gasteiger partial charge is 0.314 e. The maximum Gasteiger partial charge on any atom is 0.00792 e. The van der Waals surface area contributed by atoms with E-state index in [0.717, 1.165) is 13.0 Å². The normalized spacial score (nSPS) is 12.9. The first kappa shape index (κ1) is 11.3. The molecule has 0 heterocycles. The SMILES string of the molecule is CCNC(C)Cc1c(C)cccc1C. The molecule has 0 bridgehead atoms. The predicted octanol–water partition coefficient (Wildman–Crippen LogP) is 2.84. The van der Waals surface area contributed by atoms with E-state index in [4.69, 9.17) is 0 Å². The molecular weight excluding hydrogens is 170 g/mol. The Kier molecular flexibility index (Phi) is 4.15. The number of nitrogens with one attached hydrogen (secondary N) is 1. The average molecular weight is 191 g/mol. The molecule has 0 spiro atoms. The minimum absolute atomic E-state index is 0.569. The Hall–Kier alpha value is -0.820. The monoisotopic (exact) mass is 191 g/mol. The summed E-state index contributed by atoms with van der Waals surface area (Å²) in [5, 5.41) is 3.45. The highest BCUT2D eigenvalue weighted by atomic mass is 14.9. The smallest absolute Gasteiger partial charge is 0.00792 e. The van der Waals surface area contributed by atoms with Crippen LogP contribution in [0.3, 0.4) is 0 Å². The molecule has 0 aliphatic rings. The first-order chi connectivity index (χ1) is 6.65. The average Bonchev–Trinajstić information content (AvgIpc) is 2.12. The summed E-state index contributed by atoms with van der Waals surface area (Å²) < 4.78 is 0. The molecular formula is C13H21N. The lowest BCUT2D eigenvalue weighted by Crippen LogP contribution is -2.28. The van der Waals surface area contributed by atoms with Crippen molar-refractivity contribution in [2.75, 3.05) is 6.54 Å². The van der Waals surface area contributed by atoms with E-state index in [0.29, 0.717) is 6.04 Å². The molecule has 78 valence electrons. The summed E-state index contributed by atoms with van der Waals surface area (Å²) >= 11 is 0. The number of likely N-dealkylation sites (N-methyl/N-ethyl adjacent to an activating group) is 1. The first-order valence-corrected chi connectivity index (χ1v) is 5.43. The Bertz CT molecular complexity index is 271. The van der Waals surface area contributed by atoms with Crippen molar-refractivity contribution >= 4 is 0 Å². The molecule has 0 saturated carbocycles. The first-order valence-electron chi connectivity index (χ1n) is 5.43. The zero-order chi connectivity index (χ0) is 10.6. The summed E-state index contributed by atoms with van der Waals surface area (Å²) in [6, 6.07) is 7.09. The zero-order valence-corrected chi connectivity index (χ0v) is 9.72. The van der Waals surface area contributed by atoms with Gasteiger partial charge in [0.15, 0.2) is 0 Å². The second-order valence-electron chi connectivity index (χ2n) is 4.03. The Morgan fingerprint density at radius 1 is 1.21 bits per heavy atom. The fourth-order valence-corrected chi connectivity index (χ4v) is 1.90. The van der Waals surface area contributed by atoms with Gasteiger partial charge in [0, 0.05) is 6.04 Å². The molecule has 1 atom stereocenters. The lowest BCUT2D eigenvalue weighted by molar-refractivity contribution is 0.563. The van der Waals surface area contributed by atoms with Crippen LogP contribution in [0.5, 0.6) is 0 Å². The van der Waals surface area contributed by atoms with Gasteiger partial charge in [-0.15, -0.1) is 0 Å². The van der Waals surface area contributed by atoms with Crippen LogP contribution < -0.4 is 5.32 Å².